The predicted octanol–water partition coefficient (Wildman–Crippen LogP) is 5.67. The highest BCUT2D eigenvalue weighted by Crippen LogP contribution is 2.42. The second-order valence-corrected chi connectivity index (χ2v) is 13.2. The number of nitrogens with two attached hydrogens (primary N) is 1. The highest BCUT2D eigenvalue weighted by Gasteiger charge is 2.42. The number of amides is 4. The number of nitrogens with one attached hydrogen (secondary N) is 1. The normalized spacial score (nSPS) is 18.1. The Hall–Kier alpha value is -4.74. The van der Waals surface area contributed by atoms with Gasteiger partial charge in [0.25, 0.3) is 5.91 Å². The molecule has 6 rings (SSSR count). The number of aromatic nitrogens is 1. The minimum Gasteiger partial charge on any atom is -0.436 e. The van der Waals surface area contributed by atoms with Crippen LogP contribution in [0.2, 0.25) is 0 Å². The molecule has 2 saturated heterocycles. The van der Waals surface area contributed by atoms with Crippen molar-refractivity contribution in [1.82, 2.24) is 19.7 Å². The first-order valence-corrected chi connectivity index (χ1v) is 16.7. The van der Waals surface area contributed by atoms with Gasteiger partial charge in [0.2, 0.25) is 0 Å². The first-order valence-electron chi connectivity index (χ1n) is 15.8. The minimum atomic E-state index is -5.22. The highest BCUT2D eigenvalue weighted by atomic mass is 32.1. The number of rotatable bonds is 6. The molecule has 50 heavy (non-hydrogen) atoms. The van der Waals surface area contributed by atoms with Crippen molar-refractivity contribution in [3.8, 4) is 0 Å². The lowest BCUT2D eigenvalue weighted by atomic mass is 9.97. The standard InChI is InChI=1S/C32H33F6N7O4S/c33-31(34,35)22-15-19(16-23(27(22)39)32(36,37)38)17-25(28(46)43-12-10-42(11-13-43)20-1-6-40-7-2-20)49-30(48)44-8-3-21(4-9-44)45-18-26-24(5-14-50-26)41-29(45)47/h1-2,5-7,14-16,21,25H,3-4,8-13,17-18,39H2,(H,41,47)/t25-/m1/s1. The van der Waals surface area contributed by atoms with Gasteiger partial charge in [0.15, 0.2) is 6.10 Å². The van der Waals surface area contributed by atoms with E-state index in [9.17, 15) is 40.7 Å². The number of likely N-dealkylation sites (tertiary alicyclic amines) is 1. The fourth-order valence-corrected chi connectivity index (χ4v) is 7.30. The monoisotopic (exact) mass is 725 g/mol. The summed E-state index contributed by atoms with van der Waals surface area (Å²) in [5.41, 5.74) is 1.52. The van der Waals surface area contributed by atoms with Crippen molar-refractivity contribution in [2.75, 3.05) is 55.2 Å². The van der Waals surface area contributed by atoms with Crippen molar-refractivity contribution in [3.63, 3.8) is 0 Å². The molecule has 11 nitrogen and oxygen atoms in total. The van der Waals surface area contributed by atoms with Crippen LogP contribution in [0, 0.1) is 0 Å². The third-order valence-electron chi connectivity index (χ3n) is 9.13. The van der Waals surface area contributed by atoms with Crippen LogP contribution in [-0.2, 0) is 34.8 Å². The second kappa shape index (κ2) is 13.9. The number of alkyl halides is 6. The Morgan fingerprint density at radius 2 is 1.56 bits per heavy atom. The van der Waals surface area contributed by atoms with E-state index in [1.807, 2.05) is 16.3 Å². The molecule has 1 aromatic carbocycles. The number of hydrogen-bond acceptors (Lipinski definition) is 8. The molecule has 268 valence electrons. The van der Waals surface area contributed by atoms with Crippen LogP contribution in [0.1, 0.15) is 34.4 Å². The van der Waals surface area contributed by atoms with Gasteiger partial charge in [-0.05, 0) is 54.1 Å². The van der Waals surface area contributed by atoms with E-state index in [4.69, 9.17) is 10.5 Å². The maximum absolute atomic E-state index is 13.9. The van der Waals surface area contributed by atoms with Crippen LogP contribution in [0.15, 0.2) is 48.1 Å². The maximum Gasteiger partial charge on any atom is 0.418 e. The molecular formula is C32H33F6N7O4S. The summed E-state index contributed by atoms with van der Waals surface area (Å²) < 4.78 is 88.5. The van der Waals surface area contributed by atoms with E-state index in [-0.39, 0.29) is 38.3 Å². The molecule has 0 saturated carbocycles. The van der Waals surface area contributed by atoms with Crippen LogP contribution in [0.4, 0.5) is 53.0 Å². The molecular weight excluding hydrogens is 692 g/mol. The molecule has 0 spiro atoms. The quantitative estimate of drug-likeness (QED) is 0.248. The van der Waals surface area contributed by atoms with Gasteiger partial charge < -0.3 is 35.4 Å². The summed E-state index contributed by atoms with van der Waals surface area (Å²) in [7, 11) is 0. The Labute approximate surface area is 286 Å². The topological polar surface area (TPSA) is 124 Å². The van der Waals surface area contributed by atoms with Crippen LogP contribution in [0.25, 0.3) is 0 Å². The summed E-state index contributed by atoms with van der Waals surface area (Å²) in [4.78, 5) is 51.4. The zero-order valence-corrected chi connectivity index (χ0v) is 27.3. The largest absolute Gasteiger partial charge is 0.436 e. The first-order chi connectivity index (χ1) is 23.7. The summed E-state index contributed by atoms with van der Waals surface area (Å²) in [5, 5.41) is 4.73. The number of pyridine rings is 1. The number of halogens is 6. The SMILES string of the molecule is Nc1c(C(F)(F)F)cc(C[C@@H](OC(=O)N2CCC(N3Cc4sccc4NC3=O)CC2)C(=O)N2CCN(c3ccncc3)CC2)cc1C(F)(F)F. The van der Waals surface area contributed by atoms with E-state index in [1.165, 1.54) is 21.1 Å². The molecule has 4 amide bonds. The number of benzene rings is 1. The van der Waals surface area contributed by atoms with Crippen molar-refractivity contribution in [2.45, 2.75) is 50.3 Å². The summed E-state index contributed by atoms with van der Waals surface area (Å²) in [6.45, 7) is 1.78. The third kappa shape index (κ3) is 7.53. The molecule has 3 aliphatic heterocycles. The Morgan fingerprint density at radius 1 is 0.940 bits per heavy atom. The van der Waals surface area contributed by atoms with Gasteiger partial charge >= 0.3 is 24.5 Å². The van der Waals surface area contributed by atoms with Gasteiger partial charge in [0.1, 0.15) is 0 Å². The molecule has 3 N–H and O–H groups in total. The molecule has 0 bridgehead atoms. The predicted molar refractivity (Wildman–Crippen MR) is 171 cm³/mol. The van der Waals surface area contributed by atoms with Gasteiger partial charge in [0, 0.05) is 74.7 Å². The number of piperidine rings is 1. The number of piperazine rings is 1. The molecule has 18 heteroatoms. The fourth-order valence-electron chi connectivity index (χ4n) is 6.48. The lowest BCUT2D eigenvalue weighted by Gasteiger charge is -2.40. The summed E-state index contributed by atoms with van der Waals surface area (Å²) in [5.74, 6) is -0.752. The van der Waals surface area contributed by atoms with Gasteiger partial charge in [0.05, 0.1) is 29.0 Å². The number of thiophene rings is 1. The zero-order valence-electron chi connectivity index (χ0n) is 26.5. The van der Waals surface area contributed by atoms with Gasteiger partial charge in [-0.15, -0.1) is 11.3 Å². The van der Waals surface area contributed by atoms with Gasteiger partial charge in [-0.25, -0.2) is 9.59 Å². The first kappa shape index (κ1) is 35.1. The number of anilines is 3. The summed E-state index contributed by atoms with van der Waals surface area (Å²) in [6, 6.07) is 5.86. The van der Waals surface area contributed by atoms with Crippen LogP contribution >= 0.6 is 11.3 Å². The minimum absolute atomic E-state index is 0.147. The third-order valence-corrected chi connectivity index (χ3v) is 10.0. The van der Waals surface area contributed by atoms with E-state index in [0.717, 1.165) is 16.3 Å². The lowest BCUT2D eigenvalue weighted by Crippen LogP contribution is -2.54. The van der Waals surface area contributed by atoms with Gasteiger partial charge in [-0.3, -0.25) is 9.78 Å². The molecule has 3 aliphatic rings. The Balaban J connectivity index is 1.19. The van der Waals surface area contributed by atoms with Crippen LogP contribution < -0.4 is 16.0 Å². The highest BCUT2D eigenvalue weighted by molar-refractivity contribution is 7.10. The lowest BCUT2D eigenvalue weighted by molar-refractivity contribution is -0.141. The molecule has 2 aromatic heterocycles. The zero-order chi connectivity index (χ0) is 35.8. The fraction of sp³-hybridized carbons (Fsp3) is 0.438. The Bertz CT molecular complexity index is 1690. The van der Waals surface area contributed by atoms with E-state index >= 15 is 0 Å². The number of carbonyl (C=O) groups is 3. The average Bonchev–Trinajstić information content (AvgIpc) is 3.54. The Morgan fingerprint density at radius 3 is 2.16 bits per heavy atom. The van der Waals surface area contributed by atoms with Crippen molar-refractivity contribution in [2.24, 2.45) is 0 Å². The number of urea groups is 1. The average molecular weight is 726 g/mol. The van der Waals surface area contributed by atoms with Crippen molar-refractivity contribution >= 4 is 46.4 Å². The molecule has 0 radical (unpaired) electrons. The molecule has 3 aromatic rings. The maximum atomic E-state index is 13.9. The number of fused-ring (bicyclic) bond motifs is 1. The van der Waals surface area contributed by atoms with Crippen LogP contribution in [0.3, 0.4) is 0 Å². The van der Waals surface area contributed by atoms with E-state index in [1.54, 1.807) is 29.4 Å². The van der Waals surface area contributed by atoms with Gasteiger partial charge in [-0.1, -0.05) is 0 Å². The summed E-state index contributed by atoms with van der Waals surface area (Å²) >= 11 is 1.51. The van der Waals surface area contributed by atoms with Crippen molar-refractivity contribution in [1.29, 1.82) is 0 Å². The van der Waals surface area contributed by atoms with E-state index in [2.05, 4.69) is 10.3 Å². The number of carbonyl (C=O) groups excluding carboxylic acids is 3. The molecule has 2 fully saturated rings. The van der Waals surface area contributed by atoms with Crippen molar-refractivity contribution < 1.29 is 45.5 Å². The smallest absolute Gasteiger partial charge is 0.418 e. The number of nitrogen functional groups attached to an aromatic ring is 1. The molecule has 5 heterocycles. The number of hydrogen-bond donors (Lipinski definition) is 2. The molecule has 0 unspecified atom stereocenters. The van der Waals surface area contributed by atoms with Crippen molar-refractivity contribution in [3.05, 3.63) is 69.7 Å². The number of ether oxygens (including phenoxy) is 1. The van der Waals surface area contributed by atoms with Crippen LogP contribution in [-0.4, -0.2) is 89.1 Å². The van der Waals surface area contributed by atoms with Crippen LogP contribution in [0.5, 0.6) is 0 Å². The molecule has 1 atom stereocenters. The van der Waals surface area contributed by atoms with E-state index in [0.29, 0.717) is 44.6 Å². The Kier molecular flexibility index (Phi) is 9.74. The summed E-state index contributed by atoms with van der Waals surface area (Å²) in [6.07, 6.45) is -9.87. The number of nitrogens with zero attached hydrogens (tertiary/aromatic N) is 5. The van der Waals surface area contributed by atoms with Gasteiger partial charge in [-0.2, -0.15) is 26.3 Å². The second-order valence-electron chi connectivity index (χ2n) is 12.2. The van der Waals surface area contributed by atoms with E-state index < -0.39 is 59.3 Å². The molecule has 0 aliphatic carbocycles.